The van der Waals surface area contributed by atoms with Gasteiger partial charge in [-0.25, -0.2) is 0 Å². The highest BCUT2D eigenvalue weighted by molar-refractivity contribution is 8.04. The molecule has 2 nitrogen and oxygen atoms in total. The Morgan fingerprint density at radius 1 is 1.38 bits per heavy atom. The third-order valence-electron chi connectivity index (χ3n) is 1.48. The molecule has 0 aliphatic carbocycles. The Balaban J connectivity index is 2.87. The fourth-order valence-corrected chi connectivity index (χ4v) is 2.66. The average Bonchev–Trinajstić information content (AvgIpc) is 2.06. The van der Waals surface area contributed by atoms with Crippen LogP contribution in [-0.4, -0.2) is 9.03 Å². The zero-order valence-corrected chi connectivity index (χ0v) is 11.9. The number of benzene rings is 1. The first-order valence-electron chi connectivity index (χ1n) is 4.11. The Morgan fingerprint density at radius 3 is 2.44 bits per heavy atom. The predicted octanol–water partition coefficient (Wildman–Crippen LogP) is 4.72. The maximum atomic E-state index is 10.8. The Morgan fingerprint density at radius 2 is 2.00 bits per heavy atom. The number of hydrogen-bond acceptors (Lipinski definition) is 2. The molecule has 1 N–H and O–H groups in total. The molecule has 0 atom stereocenters. The molecule has 1 aromatic carbocycles. The van der Waals surface area contributed by atoms with Gasteiger partial charge in [0.15, 0.2) is 0 Å². The number of carbonyl (C=O) groups is 1. The Bertz CT molecular complexity index is 405. The Labute approximate surface area is 118 Å². The topological polar surface area (TPSA) is 29.1 Å². The van der Waals surface area contributed by atoms with E-state index in [-0.39, 0.29) is 5.91 Å². The molecule has 1 aromatic rings. The van der Waals surface area contributed by atoms with E-state index < -0.39 is 3.12 Å². The second-order valence-electron chi connectivity index (χ2n) is 2.87. The number of anilines is 1. The first-order chi connectivity index (χ1) is 7.28. The highest BCUT2D eigenvalue weighted by atomic mass is 35.6. The Kier molecular flexibility index (Phi) is 5.08. The summed E-state index contributed by atoms with van der Waals surface area (Å²) in [5.41, 5.74) is 0.530. The summed E-state index contributed by atoms with van der Waals surface area (Å²) in [6.45, 7) is 1.40. The van der Waals surface area contributed by atoms with E-state index in [0.717, 1.165) is 11.8 Å². The van der Waals surface area contributed by atoms with Crippen molar-refractivity contribution in [3.63, 3.8) is 0 Å². The molecule has 0 aromatic heterocycles. The molecule has 0 radical (unpaired) electrons. The van der Waals surface area contributed by atoms with Gasteiger partial charge in [-0.15, -0.1) is 0 Å². The maximum absolute atomic E-state index is 10.8. The summed E-state index contributed by atoms with van der Waals surface area (Å²) in [5, 5.41) is 2.98. The van der Waals surface area contributed by atoms with Crippen LogP contribution in [0.3, 0.4) is 0 Å². The molecule has 0 bridgehead atoms. The normalized spacial score (nSPS) is 11.3. The molecular weight excluding hydrogens is 312 g/mol. The van der Waals surface area contributed by atoms with Gasteiger partial charge < -0.3 is 5.32 Å². The van der Waals surface area contributed by atoms with Crippen molar-refractivity contribution in [1.82, 2.24) is 0 Å². The second kappa shape index (κ2) is 5.69. The quantitative estimate of drug-likeness (QED) is 0.631. The van der Waals surface area contributed by atoms with Crippen LogP contribution in [0.1, 0.15) is 6.92 Å². The summed E-state index contributed by atoms with van der Waals surface area (Å²) in [6.07, 6.45) is 0. The van der Waals surface area contributed by atoms with Crippen molar-refractivity contribution >= 4 is 69.8 Å². The number of alkyl halides is 3. The van der Waals surface area contributed by atoms with Crippen molar-refractivity contribution in [2.45, 2.75) is 14.9 Å². The number of nitrogens with one attached hydrogen (secondary N) is 1. The molecule has 0 saturated carbocycles. The molecule has 88 valence electrons. The Hall–Kier alpha value is 0.200. The molecule has 1 rings (SSSR count). The molecule has 16 heavy (non-hydrogen) atoms. The third kappa shape index (κ3) is 5.02. The van der Waals surface area contributed by atoms with Gasteiger partial charge in [-0.2, -0.15) is 0 Å². The number of halogens is 4. The van der Waals surface area contributed by atoms with Crippen LogP contribution in [0, 0.1) is 0 Å². The van der Waals surface area contributed by atoms with E-state index in [4.69, 9.17) is 46.4 Å². The van der Waals surface area contributed by atoms with Crippen LogP contribution in [0.15, 0.2) is 23.1 Å². The number of thioether (sulfide) groups is 1. The van der Waals surface area contributed by atoms with Crippen LogP contribution < -0.4 is 5.32 Å². The second-order valence-corrected chi connectivity index (χ2v) is 7.52. The molecule has 1 amide bonds. The van der Waals surface area contributed by atoms with Crippen molar-refractivity contribution in [3.05, 3.63) is 23.2 Å². The van der Waals surface area contributed by atoms with Crippen molar-refractivity contribution < 1.29 is 4.79 Å². The molecule has 7 heteroatoms. The first-order valence-corrected chi connectivity index (χ1v) is 6.43. The summed E-state index contributed by atoms with van der Waals surface area (Å²) >= 11 is 23.9. The van der Waals surface area contributed by atoms with Crippen LogP contribution in [0.2, 0.25) is 5.02 Å². The molecule has 0 heterocycles. The molecule has 0 aliphatic rings. The van der Waals surface area contributed by atoms with Crippen LogP contribution in [0.25, 0.3) is 0 Å². The fourth-order valence-electron chi connectivity index (χ4n) is 0.984. The highest BCUT2D eigenvalue weighted by Crippen LogP contribution is 2.44. The van der Waals surface area contributed by atoms with Gasteiger partial charge in [-0.3, -0.25) is 4.79 Å². The number of rotatable bonds is 2. The van der Waals surface area contributed by atoms with Gasteiger partial charge in [0.25, 0.3) is 0 Å². The van der Waals surface area contributed by atoms with Crippen molar-refractivity contribution in [3.8, 4) is 0 Å². The van der Waals surface area contributed by atoms with Crippen LogP contribution in [-0.2, 0) is 4.79 Å². The summed E-state index contributed by atoms with van der Waals surface area (Å²) in [6, 6.07) is 4.99. The minimum absolute atomic E-state index is 0.191. The lowest BCUT2D eigenvalue weighted by atomic mass is 10.3. The lowest BCUT2D eigenvalue weighted by Gasteiger charge is -2.11. The largest absolute Gasteiger partial charge is 0.325 e. The lowest BCUT2D eigenvalue weighted by molar-refractivity contribution is -0.114. The number of amides is 1. The van der Waals surface area contributed by atoms with Crippen molar-refractivity contribution in [1.29, 1.82) is 0 Å². The monoisotopic (exact) mass is 317 g/mol. The SMILES string of the molecule is CC(=O)Nc1ccc(SC(Cl)(Cl)Cl)cc1Cl. The maximum Gasteiger partial charge on any atom is 0.241 e. The molecule has 0 fully saturated rings. The number of hydrogen-bond donors (Lipinski definition) is 1. The number of carbonyl (C=O) groups excluding carboxylic acids is 1. The molecule has 0 unspecified atom stereocenters. The molecule has 0 saturated heterocycles. The smallest absolute Gasteiger partial charge is 0.241 e. The van der Waals surface area contributed by atoms with Gasteiger partial charge >= 0.3 is 0 Å². The van der Waals surface area contributed by atoms with Gasteiger partial charge in [-0.05, 0) is 18.2 Å². The average molecular weight is 319 g/mol. The molecule has 0 aliphatic heterocycles. The fraction of sp³-hybridized carbons (Fsp3) is 0.222. The van der Waals surface area contributed by atoms with E-state index in [1.165, 1.54) is 6.92 Å². The predicted molar refractivity (Wildman–Crippen MR) is 71.9 cm³/mol. The van der Waals surface area contributed by atoms with E-state index in [2.05, 4.69) is 5.32 Å². The van der Waals surface area contributed by atoms with E-state index in [1.807, 2.05) is 0 Å². The zero-order valence-electron chi connectivity index (χ0n) is 8.06. The van der Waals surface area contributed by atoms with E-state index >= 15 is 0 Å². The van der Waals surface area contributed by atoms with Gasteiger partial charge in [-0.1, -0.05) is 58.2 Å². The summed E-state index contributed by atoms with van der Waals surface area (Å²) in [7, 11) is 0. The van der Waals surface area contributed by atoms with Gasteiger partial charge in [0.2, 0.25) is 9.03 Å². The summed E-state index contributed by atoms with van der Waals surface area (Å²) < 4.78 is -1.43. The first kappa shape index (κ1) is 14.3. The molecular formula is C9H7Cl4NOS. The van der Waals surface area contributed by atoms with Gasteiger partial charge in [0.05, 0.1) is 10.7 Å². The minimum atomic E-state index is -1.43. The van der Waals surface area contributed by atoms with E-state index in [0.29, 0.717) is 15.6 Å². The third-order valence-corrected chi connectivity index (χ3v) is 3.21. The summed E-state index contributed by atoms with van der Waals surface area (Å²) in [4.78, 5) is 11.5. The van der Waals surface area contributed by atoms with Gasteiger partial charge in [0, 0.05) is 11.8 Å². The van der Waals surface area contributed by atoms with Crippen molar-refractivity contribution in [2.24, 2.45) is 0 Å². The van der Waals surface area contributed by atoms with Crippen molar-refractivity contribution in [2.75, 3.05) is 5.32 Å². The van der Waals surface area contributed by atoms with Crippen LogP contribution >= 0.6 is 58.2 Å². The van der Waals surface area contributed by atoms with Gasteiger partial charge in [0.1, 0.15) is 0 Å². The standard InChI is InChI=1S/C9H7Cl4NOS/c1-5(15)14-8-3-2-6(4-7(8)10)16-9(11,12)13/h2-4H,1H3,(H,14,15). The van der Waals surface area contributed by atoms with E-state index in [9.17, 15) is 4.79 Å². The highest BCUT2D eigenvalue weighted by Gasteiger charge is 2.21. The lowest BCUT2D eigenvalue weighted by Crippen LogP contribution is -2.06. The molecule has 0 spiro atoms. The minimum Gasteiger partial charge on any atom is -0.325 e. The van der Waals surface area contributed by atoms with E-state index in [1.54, 1.807) is 18.2 Å². The summed E-state index contributed by atoms with van der Waals surface area (Å²) in [5.74, 6) is -0.191. The zero-order chi connectivity index (χ0) is 12.3. The van der Waals surface area contributed by atoms with Crippen LogP contribution in [0.5, 0.6) is 0 Å². The van der Waals surface area contributed by atoms with Crippen LogP contribution in [0.4, 0.5) is 5.69 Å².